The number of rotatable bonds is 7. The number of carbonyl (C=O) groups excluding carboxylic acids is 1. The number of guanidine groups is 1. The number of halogens is 1. The number of thioether (sulfide) groups is 1. The molecule has 5 nitrogen and oxygen atoms in total. The van der Waals surface area contributed by atoms with E-state index in [1.807, 2.05) is 11.9 Å². The number of benzene rings is 2. The largest absolute Gasteiger partial charge is 0.356 e. The van der Waals surface area contributed by atoms with E-state index < -0.39 is 0 Å². The third-order valence-electron chi connectivity index (χ3n) is 5.49. The normalized spacial score (nSPS) is 13.3. The minimum atomic E-state index is 0. The molecule has 0 unspecified atom stereocenters. The van der Waals surface area contributed by atoms with E-state index in [1.165, 1.54) is 21.6 Å². The Morgan fingerprint density at radius 2 is 1.87 bits per heavy atom. The van der Waals surface area contributed by atoms with Crippen LogP contribution in [0.1, 0.15) is 29.5 Å². The van der Waals surface area contributed by atoms with Crippen LogP contribution in [0.4, 0.5) is 0 Å². The van der Waals surface area contributed by atoms with Gasteiger partial charge >= 0.3 is 0 Å². The van der Waals surface area contributed by atoms with E-state index in [1.54, 1.807) is 18.8 Å². The van der Waals surface area contributed by atoms with Gasteiger partial charge in [-0.15, -0.1) is 35.7 Å². The smallest absolute Gasteiger partial charge is 0.222 e. The van der Waals surface area contributed by atoms with Gasteiger partial charge in [0.25, 0.3) is 0 Å². The van der Waals surface area contributed by atoms with Gasteiger partial charge < -0.3 is 15.1 Å². The molecule has 31 heavy (non-hydrogen) atoms. The predicted molar refractivity (Wildman–Crippen MR) is 141 cm³/mol. The van der Waals surface area contributed by atoms with Gasteiger partial charge in [-0.25, -0.2) is 0 Å². The average molecular weight is 553 g/mol. The topological polar surface area (TPSA) is 47.9 Å². The van der Waals surface area contributed by atoms with Crippen molar-refractivity contribution in [3.8, 4) is 0 Å². The molecule has 2 aromatic carbocycles. The molecule has 0 bridgehead atoms. The standard InChI is InChI=1S/C24H32N4OS.HI/c1-25-24(27(2)17-19-10-12-22(30-3)13-11-19)26-15-6-9-23(29)28-16-14-20-7-4-5-8-21(20)18-28;/h4-5,7-8,10-13H,6,9,14-18H2,1-3H3,(H,25,26);1H. The first-order valence-electron chi connectivity index (χ1n) is 10.5. The molecule has 3 rings (SSSR count). The van der Waals surface area contributed by atoms with Crippen molar-refractivity contribution in [1.29, 1.82) is 0 Å². The van der Waals surface area contributed by atoms with Crippen LogP contribution in [0.5, 0.6) is 0 Å². The Kier molecular flexibility index (Phi) is 10.7. The summed E-state index contributed by atoms with van der Waals surface area (Å²) in [5.74, 6) is 1.09. The summed E-state index contributed by atoms with van der Waals surface area (Å²) in [6, 6.07) is 17.0. The summed E-state index contributed by atoms with van der Waals surface area (Å²) in [6.45, 7) is 3.09. The van der Waals surface area contributed by atoms with Gasteiger partial charge in [0.15, 0.2) is 5.96 Å². The highest BCUT2D eigenvalue weighted by molar-refractivity contribution is 14.0. The van der Waals surface area contributed by atoms with Gasteiger partial charge in [0.05, 0.1) is 0 Å². The molecule has 2 aromatic rings. The summed E-state index contributed by atoms with van der Waals surface area (Å²) in [6.07, 6.45) is 4.40. The molecule has 1 amide bonds. The fourth-order valence-electron chi connectivity index (χ4n) is 3.77. The van der Waals surface area contributed by atoms with Crippen molar-refractivity contribution in [3.05, 3.63) is 65.2 Å². The van der Waals surface area contributed by atoms with Gasteiger partial charge in [-0.2, -0.15) is 0 Å². The average Bonchev–Trinajstić information content (AvgIpc) is 2.79. The Balaban J connectivity index is 0.00000341. The molecule has 0 aromatic heterocycles. The van der Waals surface area contributed by atoms with Crippen molar-refractivity contribution in [2.45, 2.75) is 37.2 Å². The first kappa shape index (κ1) is 25.5. The molecule has 1 heterocycles. The van der Waals surface area contributed by atoms with Crippen LogP contribution in [0.25, 0.3) is 0 Å². The molecule has 0 saturated carbocycles. The number of hydrogen-bond donors (Lipinski definition) is 1. The Labute approximate surface area is 207 Å². The highest BCUT2D eigenvalue weighted by Crippen LogP contribution is 2.19. The molecule has 0 spiro atoms. The van der Waals surface area contributed by atoms with Gasteiger partial charge in [0.2, 0.25) is 5.91 Å². The fourth-order valence-corrected chi connectivity index (χ4v) is 4.18. The summed E-state index contributed by atoms with van der Waals surface area (Å²) in [5, 5.41) is 3.39. The maximum atomic E-state index is 12.6. The summed E-state index contributed by atoms with van der Waals surface area (Å²) in [5.41, 5.74) is 3.90. The molecule has 1 aliphatic rings. The highest BCUT2D eigenvalue weighted by Gasteiger charge is 2.19. The van der Waals surface area contributed by atoms with Crippen LogP contribution in [0.2, 0.25) is 0 Å². The minimum absolute atomic E-state index is 0. The quantitative estimate of drug-likeness (QED) is 0.182. The zero-order valence-corrected chi connectivity index (χ0v) is 21.8. The molecule has 168 valence electrons. The molecular formula is C24H33IN4OS. The van der Waals surface area contributed by atoms with E-state index in [0.29, 0.717) is 6.42 Å². The van der Waals surface area contributed by atoms with Gasteiger partial charge in [-0.1, -0.05) is 36.4 Å². The molecule has 0 saturated heterocycles. The molecule has 0 radical (unpaired) electrons. The van der Waals surface area contributed by atoms with Crippen molar-refractivity contribution in [2.24, 2.45) is 4.99 Å². The third-order valence-corrected chi connectivity index (χ3v) is 6.23. The molecule has 1 N–H and O–H groups in total. The van der Waals surface area contributed by atoms with E-state index in [2.05, 4.69) is 70.0 Å². The van der Waals surface area contributed by atoms with Gasteiger partial charge in [-0.3, -0.25) is 9.79 Å². The van der Waals surface area contributed by atoms with Crippen LogP contribution >= 0.6 is 35.7 Å². The summed E-state index contributed by atoms with van der Waals surface area (Å²) in [7, 11) is 3.83. The van der Waals surface area contributed by atoms with Crippen molar-refractivity contribution < 1.29 is 4.79 Å². The Morgan fingerprint density at radius 3 is 2.55 bits per heavy atom. The first-order valence-corrected chi connectivity index (χ1v) is 11.7. The lowest BCUT2D eigenvalue weighted by Gasteiger charge is -2.29. The molecule has 0 aliphatic carbocycles. The third kappa shape index (κ3) is 7.42. The summed E-state index contributed by atoms with van der Waals surface area (Å²) >= 11 is 1.75. The van der Waals surface area contributed by atoms with E-state index in [-0.39, 0.29) is 29.9 Å². The molecule has 1 aliphatic heterocycles. The molecular weight excluding hydrogens is 519 g/mol. The number of aliphatic imine (C=N–C) groups is 1. The highest BCUT2D eigenvalue weighted by atomic mass is 127. The SMILES string of the molecule is CN=C(NCCCC(=O)N1CCc2ccccc2C1)N(C)Cc1ccc(SC)cc1.I. The van der Waals surface area contributed by atoms with Crippen LogP contribution in [-0.4, -0.2) is 55.1 Å². The van der Waals surface area contributed by atoms with Crippen LogP contribution < -0.4 is 5.32 Å². The zero-order chi connectivity index (χ0) is 21.3. The van der Waals surface area contributed by atoms with E-state index in [9.17, 15) is 4.79 Å². The molecule has 0 fully saturated rings. The van der Waals surface area contributed by atoms with Gasteiger partial charge in [0.1, 0.15) is 0 Å². The second-order valence-corrected chi connectivity index (χ2v) is 8.50. The Hall–Kier alpha value is -1.74. The summed E-state index contributed by atoms with van der Waals surface area (Å²) in [4.78, 5) is 22.4. The van der Waals surface area contributed by atoms with E-state index in [4.69, 9.17) is 0 Å². The van der Waals surface area contributed by atoms with Crippen LogP contribution in [0.3, 0.4) is 0 Å². The molecule has 7 heteroatoms. The van der Waals surface area contributed by atoms with Crippen molar-refractivity contribution in [2.75, 3.05) is 33.4 Å². The monoisotopic (exact) mass is 552 g/mol. The lowest BCUT2D eigenvalue weighted by atomic mass is 9.99. The van der Waals surface area contributed by atoms with Crippen molar-refractivity contribution in [1.82, 2.24) is 15.1 Å². The van der Waals surface area contributed by atoms with E-state index in [0.717, 1.165) is 45.0 Å². The number of fused-ring (bicyclic) bond motifs is 1. The first-order chi connectivity index (χ1) is 14.6. The lowest BCUT2D eigenvalue weighted by Crippen LogP contribution is -2.39. The van der Waals surface area contributed by atoms with Gasteiger partial charge in [0, 0.05) is 51.6 Å². The maximum absolute atomic E-state index is 12.6. The number of hydrogen-bond acceptors (Lipinski definition) is 3. The molecule has 0 atom stereocenters. The van der Waals surface area contributed by atoms with Crippen molar-refractivity contribution in [3.63, 3.8) is 0 Å². The maximum Gasteiger partial charge on any atom is 0.222 e. The van der Waals surface area contributed by atoms with E-state index >= 15 is 0 Å². The fraction of sp³-hybridized carbons (Fsp3) is 0.417. The second kappa shape index (κ2) is 13.0. The number of amides is 1. The Bertz CT molecular complexity index is 872. The lowest BCUT2D eigenvalue weighted by molar-refractivity contribution is -0.132. The van der Waals surface area contributed by atoms with Crippen LogP contribution in [0, 0.1) is 0 Å². The Morgan fingerprint density at radius 1 is 1.16 bits per heavy atom. The predicted octanol–water partition coefficient (Wildman–Crippen LogP) is 4.40. The zero-order valence-electron chi connectivity index (χ0n) is 18.6. The number of nitrogens with one attached hydrogen (secondary N) is 1. The second-order valence-electron chi connectivity index (χ2n) is 7.62. The minimum Gasteiger partial charge on any atom is -0.356 e. The van der Waals surface area contributed by atoms with Crippen molar-refractivity contribution >= 4 is 47.6 Å². The van der Waals surface area contributed by atoms with Crippen LogP contribution in [-0.2, 0) is 24.3 Å². The summed E-state index contributed by atoms with van der Waals surface area (Å²) < 4.78 is 0. The number of carbonyl (C=O) groups is 1. The van der Waals surface area contributed by atoms with Gasteiger partial charge in [-0.05, 0) is 47.9 Å². The number of nitrogens with zero attached hydrogens (tertiary/aromatic N) is 3. The van der Waals surface area contributed by atoms with Crippen LogP contribution in [0.15, 0.2) is 58.4 Å².